The van der Waals surface area contributed by atoms with Gasteiger partial charge in [0.2, 0.25) is 0 Å². The van der Waals surface area contributed by atoms with Gasteiger partial charge in [0, 0.05) is 50.5 Å². The zero-order chi connectivity index (χ0) is 27.9. The van der Waals surface area contributed by atoms with Crippen molar-refractivity contribution in [1.29, 1.82) is 0 Å². The minimum Gasteiger partial charge on any atom is -0.338 e. The molecule has 8 nitrogen and oxygen atoms in total. The van der Waals surface area contributed by atoms with Gasteiger partial charge in [-0.1, -0.05) is 30.3 Å². The van der Waals surface area contributed by atoms with Crippen molar-refractivity contribution in [2.45, 2.75) is 25.8 Å². The Bertz CT molecular complexity index is 1810. The lowest BCUT2D eigenvalue weighted by Gasteiger charge is -2.32. The smallest absolute Gasteiger partial charge is 0.262 e. The second-order valence-corrected chi connectivity index (χ2v) is 11.3. The molecule has 0 saturated carbocycles. The zero-order valence-corrected chi connectivity index (χ0v) is 23.3. The highest BCUT2D eigenvalue weighted by atomic mass is 16.1. The Morgan fingerprint density at radius 1 is 0.976 bits per heavy atom. The van der Waals surface area contributed by atoms with Crippen molar-refractivity contribution in [3.63, 3.8) is 0 Å². The molecule has 0 unspecified atom stereocenters. The number of hydrogen-bond donors (Lipinski definition) is 2. The number of pyridine rings is 1. The first-order valence-corrected chi connectivity index (χ1v) is 14.5. The molecule has 2 aliphatic rings. The van der Waals surface area contributed by atoms with Gasteiger partial charge in [-0.15, -0.1) is 0 Å². The van der Waals surface area contributed by atoms with Crippen LogP contribution in [0.1, 0.15) is 27.9 Å². The quantitative estimate of drug-likeness (QED) is 0.327. The lowest BCUT2D eigenvalue weighted by atomic mass is 10.00. The van der Waals surface area contributed by atoms with Gasteiger partial charge in [-0.3, -0.25) is 9.59 Å². The van der Waals surface area contributed by atoms with Crippen molar-refractivity contribution in [3.8, 4) is 11.4 Å². The number of anilines is 1. The predicted molar refractivity (Wildman–Crippen MR) is 164 cm³/mol. The first-order valence-electron chi connectivity index (χ1n) is 14.5. The molecule has 5 aromatic rings. The third kappa shape index (κ3) is 5.05. The van der Waals surface area contributed by atoms with Gasteiger partial charge in [-0.2, -0.15) is 0 Å². The van der Waals surface area contributed by atoms with Crippen LogP contribution in [0.25, 0.3) is 33.3 Å². The van der Waals surface area contributed by atoms with Gasteiger partial charge in [0.1, 0.15) is 5.82 Å². The van der Waals surface area contributed by atoms with Crippen LogP contribution in [0.2, 0.25) is 0 Å². The van der Waals surface area contributed by atoms with Crippen molar-refractivity contribution in [3.05, 3.63) is 93.8 Å². The maximum atomic E-state index is 13.4. The molecule has 7 rings (SSSR count). The Morgan fingerprint density at radius 3 is 2.63 bits per heavy atom. The summed E-state index contributed by atoms with van der Waals surface area (Å²) < 4.78 is 1.88. The molecule has 8 heteroatoms. The van der Waals surface area contributed by atoms with Gasteiger partial charge in [-0.25, -0.2) is 4.98 Å². The Hall–Kier alpha value is -4.27. The molecule has 2 N–H and O–H groups in total. The van der Waals surface area contributed by atoms with E-state index in [0.29, 0.717) is 29.0 Å². The molecule has 208 valence electrons. The molecule has 0 bridgehead atoms. The molecule has 41 heavy (non-hydrogen) atoms. The Morgan fingerprint density at radius 2 is 1.80 bits per heavy atom. The van der Waals surface area contributed by atoms with Crippen LogP contribution in [0, 0.1) is 0 Å². The van der Waals surface area contributed by atoms with E-state index in [-0.39, 0.29) is 11.5 Å². The van der Waals surface area contributed by atoms with Gasteiger partial charge in [-0.05, 0) is 79.2 Å². The number of aromatic nitrogens is 3. The van der Waals surface area contributed by atoms with Crippen LogP contribution >= 0.6 is 0 Å². The van der Waals surface area contributed by atoms with E-state index in [0.717, 1.165) is 74.1 Å². The Kier molecular flexibility index (Phi) is 6.65. The van der Waals surface area contributed by atoms with Gasteiger partial charge >= 0.3 is 0 Å². The van der Waals surface area contributed by atoms with Crippen molar-refractivity contribution >= 4 is 33.5 Å². The van der Waals surface area contributed by atoms with E-state index in [1.54, 1.807) is 12.1 Å². The van der Waals surface area contributed by atoms with E-state index in [9.17, 15) is 9.59 Å². The molecule has 4 heterocycles. The van der Waals surface area contributed by atoms with Crippen LogP contribution < -0.4 is 10.9 Å². The fourth-order valence-corrected chi connectivity index (χ4v) is 6.13. The number of para-hydroxylation sites is 1. The molecule has 1 fully saturated rings. The molecule has 0 spiro atoms. The summed E-state index contributed by atoms with van der Waals surface area (Å²) in [7, 11) is 2.17. The van der Waals surface area contributed by atoms with Gasteiger partial charge in [0.05, 0.1) is 22.1 Å². The van der Waals surface area contributed by atoms with E-state index in [2.05, 4.69) is 51.4 Å². The number of aromatic amines is 1. The number of nitrogens with one attached hydrogen (secondary N) is 2. The molecule has 1 saturated heterocycles. The monoisotopic (exact) mass is 546 g/mol. The summed E-state index contributed by atoms with van der Waals surface area (Å²) in [6.45, 7) is 6.25. The third-order valence-electron chi connectivity index (χ3n) is 8.55. The van der Waals surface area contributed by atoms with Gasteiger partial charge in [0.15, 0.2) is 0 Å². The number of rotatable bonds is 6. The summed E-state index contributed by atoms with van der Waals surface area (Å²) >= 11 is 0. The van der Waals surface area contributed by atoms with Crippen LogP contribution in [0.15, 0.2) is 71.5 Å². The van der Waals surface area contributed by atoms with E-state index in [1.165, 1.54) is 11.1 Å². The third-order valence-corrected chi connectivity index (χ3v) is 8.55. The maximum Gasteiger partial charge on any atom is 0.262 e. The largest absolute Gasteiger partial charge is 0.338 e. The highest BCUT2D eigenvalue weighted by Crippen LogP contribution is 2.27. The first kappa shape index (κ1) is 25.7. The number of carbonyl (C=O) groups is 1. The fraction of sp³-hybridized carbons (Fsp3) is 0.303. The van der Waals surface area contributed by atoms with E-state index in [4.69, 9.17) is 4.98 Å². The number of nitrogens with zero attached hydrogens (tertiary/aromatic N) is 4. The summed E-state index contributed by atoms with van der Waals surface area (Å²) in [5.74, 6) is 0.340. The van der Waals surface area contributed by atoms with E-state index >= 15 is 0 Å². The lowest BCUT2D eigenvalue weighted by Crippen LogP contribution is -2.45. The predicted octanol–water partition coefficient (Wildman–Crippen LogP) is 4.53. The molecule has 2 aromatic heterocycles. The van der Waals surface area contributed by atoms with Gasteiger partial charge in [0.25, 0.3) is 11.5 Å². The molecule has 2 aliphatic heterocycles. The van der Waals surface area contributed by atoms with Crippen LogP contribution in [0.5, 0.6) is 0 Å². The summed E-state index contributed by atoms with van der Waals surface area (Å²) in [6, 6.07) is 21.7. The molecule has 0 aliphatic carbocycles. The van der Waals surface area contributed by atoms with Crippen LogP contribution in [-0.2, 0) is 19.4 Å². The number of piperazine rings is 1. The van der Waals surface area contributed by atoms with Crippen LogP contribution in [0.4, 0.5) is 5.69 Å². The minimum absolute atomic E-state index is 0.0337. The highest BCUT2D eigenvalue weighted by molar-refractivity contribution is 6.06. The number of hydrogen-bond acceptors (Lipinski definition) is 5. The van der Waals surface area contributed by atoms with E-state index in [1.807, 2.05) is 34.9 Å². The van der Waals surface area contributed by atoms with Crippen molar-refractivity contribution < 1.29 is 4.79 Å². The van der Waals surface area contributed by atoms with Crippen molar-refractivity contribution in [2.24, 2.45) is 0 Å². The average Bonchev–Trinajstić information content (AvgIpc) is 3.43. The number of aryl methyl sites for hydroxylation is 2. The standard InChI is InChI=1S/C33H34N6O2/c1-37-16-18-38(19-17-37)15-13-22-7-10-26(11-8-22)34-32(40)25-9-12-28-29(21-25)36-31(35-28)27-20-24-5-2-4-23-6-3-14-39(30(23)24)33(27)41/h2,4-5,7-12,20-21H,3,6,13-19H2,1H3,(H,34,40)(H,35,36). The number of carbonyl (C=O) groups excluding carboxylic acids is 1. The number of benzene rings is 3. The fourth-order valence-electron chi connectivity index (χ4n) is 6.13. The van der Waals surface area contributed by atoms with Crippen molar-refractivity contribution in [1.82, 2.24) is 24.3 Å². The molecular formula is C33H34N6O2. The van der Waals surface area contributed by atoms with Gasteiger partial charge < -0.3 is 24.7 Å². The Labute approximate surface area is 238 Å². The second-order valence-electron chi connectivity index (χ2n) is 11.3. The molecule has 0 radical (unpaired) electrons. The summed E-state index contributed by atoms with van der Waals surface area (Å²) in [6.07, 6.45) is 2.94. The second kappa shape index (κ2) is 10.6. The van der Waals surface area contributed by atoms with Crippen molar-refractivity contribution in [2.75, 3.05) is 45.1 Å². The lowest BCUT2D eigenvalue weighted by molar-refractivity contribution is 0.102. The highest BCUT2D eigenvalue weighted by Gasteiger charge is 2.19. The number of amides is 1. The molecule has 0 atom stereocenters. The number of imidazole rings is 1. The summed E-state index contributed by atoms with van der Waals surface area (Å²) in [5, 5.41) is 4.06. The van der Waals surface area contributed by atoms with Crippen LogP contribution in [0.3, 0.4) is 0 Å². The average molecular weight is 547 g/mol. The number of H-pyrrole nitrogens is 1. The first-order chi connectivity index (χ1) is 20.0. The molecular weight excluding hydrogens is 512 g/mol. The normalized spacial score (nSPS) is 15.9. The number of fused-ring (bicyclic) bond motifs is 1. The summed E-state index contributed by atoms with van der Waals surface area (Å²) in [5.41, 5.74) is 6.77. The molecule has 3 aromatic carbocycles. The summed E-state index contributed by atoms with van der Waals surface area (Å²) in [4.78, 5) is 39.4. The van der Waals surface area contributed by atoms with Crippen LogP contribution in [-0.4, -0.2) is 70.0 Å². The topological polar surface area (TPSA) is 86.3 Å². The maximum absolute atomic E-state index is 13.4. The van der Waals surface area contributed by atoms with E-state index < -0.39 is 0 Å². The molecule has 1 amide bonds. The zero-order valence-electron chi connectivity index (χ0n) is 23.3. The minimum atomic E-state index is -0.184. The Balaban J connectivity index is 1.07. The number of likely N-dealkylation sites (N-methyl/N-ethyl adjacent to an activating group) is 1. The SMILES string of the molecule is CN1CCN(CCc2ccc(NC(=O)c3ccc4nc(-c5cc6cccc7c6n(c5=O)CCC7)[nH]c4c3)cc2)CC1.